The Kier molecular flexibility index (Phi) is 18.2. The first-order valence-corrected chi connectivity index (χ1v) is 21.7. The summed E-state index contributed by atoms with van der Waals surface area (Å²) in [6.45, 7) is 28.5. The van der Waals surface area contributed by atoms with Gasteiger partial charge in [0.15, 0.2) is 14.4 Å². The first kappa shape index (κ1) is 47.6. The smallest absolute Gasteiger partial charge is 0.407 e. The number of hydrogen-bond acceptors (Lipinski definition) is 9. The number of hydrogen-bond donors (Lipinski definition) is 2. The van der Waals surface area contributed by atoms with Crippen LogP contribution in [0.1, 0.15) is 108 Å². The molecule has 0 bridgehead atoms. The molecule has 0 saturated heterocycles. The van der Waals surface area contributed by atoms with E-state index in [1.807, 2.05) is 58.0 Å². The molecule has 0 saturated carbocycles. The third-order valence-corrected chi connectivity index (χ3v) is 13.9. The number of nitrogens with zero attached hydrogens (tertiary/aromatic N) is 1. The Morgan fingerprint density at radius 2 is 1.40 bits per heavy atom. The fraction of sp³-hybridized carbons (Fsp3) is 0.725. The second-order valence-electron chi connectivity index (χ2n) is 17.6. The van der Waals surface area contributed by atoms with Crippen molar-refractivity contribution < 1.29 is 42.6 Å². The van der Waals surface area contributed by atoms with E-state index in [-0.39, 0.29) is 36.3 Å². The molecule has 53 heavy (non-hydrogen) atoms. The van der Waals surface area contributed by atoms with Crippen LogP contribution in [-0.4, -0.2) is 86.0 Å². The Morgan fingerprint density at radius 3 is 1.87 bits per heavy atom. The molecule has 0 heterocycles. The van der Waals surface area contributed by atoms with Gasteiger partial charge in [0, 0.05) is 7.05 Å². The van der Waals surface area contributed by atoms with Crippen LogP contribution in [0.2, 0.25) is 18.1 Å². The van der Waals surface area contributed by atoms with E-state index in [4.69, 9.17) is 18.6 Å². The van der Waals surface area contributed by atoms with Crippen LogP contribution < -0.4 is 10.6 Å². The quantitative estimate of drug-likeness (QED) is 0.0915. The van der Waals surface area contributed by atoms with E-state index in [1.165, 1.54) is 11.9 Å². The Morgan fingerprint density at radius 1 is 0.830 bits per heavy atom. The molecule has 3 amide bonds. The summed E-state index contributed by atoms with van der Waals surface area (Å²) in [6, 6.07) is 6.71. The van der Waals surface area contributed by atoms with Crippen molar-refractivity contribution in [3.05, 3.63) is 35.9 Å². The minimum atomic E-state index is -2.48. The topological polar surface area (TPSA) is 150 Å². The Hall–Kier alpha value is -3.45. The molecule has 1 aromatic carbocycles. The lowest BCUT2D eigenvalue weighted by molar-refractivity contribution is -0.161. The number of ether oxygens (including phenoxy) is 3. The lowest BCUT2D eigenvalue weighted by Crippen LogP contribution is -2.56. The minimum Gasteiger partial charge on any atom is -0.459 e. The van der Waals surface area contributed by atoms with Crippen molar-refractivity contribution >= 4 is 38.2 Å². The molecule has 0 aliphatic heterocycles. The van der Waals surface area contributed by atoms with E-state index in [2.05, 4.69) is 44.5 Å². The van der Waals surface area contributed by atoms with E-state index >= 15 is 0 Å². The van der Waals surface area contributed by atoms with Crippen molar-refractivity contribution in [2.45, 2.75) is 164 Å². The molecule has 0 aromatic heterocycles. The number of esters is 2. The molecule has 2 N–H and O–H groups in total. The van der Waals surface area contributed by atoms with Gasteiger partial charge < -0.3 is 34.2 Å². The first-order valence-electron chi connectivity index (χ1n) is 18.8. The molecule has 13 heteroatoms. The average Bonchev–Trinajstić information content (AvgIpc) is 3.01. The number of rotatable bonds is 18. The predicted molar refractivity (Wildman–Crippen MR) is 209 cm³/mol. The monoisotopic (exact) mass is 763 g/mol. The summed E-state index contributed by atoms with van der Waals surface area (Å²) in [5.41, 5.74) is 0.0871. The van der Waals surface area contributed by atoms with Crippen molar-refractivity contribution in [3.63, 3.8) is 0 Å². The molecule has 12 nitrogen and oxygen atoms in total. The molecular weight excluding hydrogens is 695 g/mol. The SMILES string of the molecule is CC(C)C[C@H](NC(=O)[C@@H](OC(=O)C[C@H](O[Si](C)(C)C(C)(C)C)C(NC(=O)OC(C)(C)C)C(C)C)C(C)C)C(=O)N(C)[C@@H](C)C(=O)OCc1ccccc1. The summed E-state index contributed by atoms with van der Waals surface area (Å²) in [5.74, 6) is -2.95. The highest BCUT2D eigenvalue weighted by molar-refractivity contribution is 6.74. The lowest BCUT2D eigenvalue weighted by Gasteiger charge is -2.42. The van der Waals surface area contributed by atoms with Crippen LogP contribution in [0.5, 0.6) is 0 Å². The number of nitrogens with one attached hydrogen (secondary N) is 2. The van der Waals surface area contributed by atoms with E-state index in [9.17, 15) is 24.0 Å². The maximum Gasteiger partial charge on any atom is 0.407 e. The molecule has 0 fully saturated rings. The number of alkyl carbamates (subject to hydrolysis) is 1. The summed E-state index contributed by atoms with van der Waals surface area (Å²) in [5, 5.41) is 5.53. The van der Waals surface area contributed by atoms with Crippen molar-refractivity contribution in [1.29, 1.82) is 0 Å². The average molecular weight is 764 g/mol. The molecule has 5 atom stereocenters. The minimum absolute atomic E-state index is 0.0109. The summed E-state index contributed by atoms with van der Waals surface area (Å²) in [6.07, 6.45) is -2.58. The van der Waals surface area contributed by atoms with E-state index in [0.717, 1.165) is 5.56 Å². The Labute approximate surface area is 319 Å². The molecule has 1 rings (SSSR count). The van der Waals surface area contributed by atoms with Gasteiger partial charge in [0.1, 0.15) is 24.3 Å². The van der Waals surface area contributed by atoms with Crippen LogP contribution in [0.4, 0.5) is 4.79 Å². The second kappa shape index (κ2) is 20.3. The van der Waals surface area contributed by atoms with Gasteiger partial charge in [-0.05, 0) is 75.6 Å². The molecule has 302 valence electrons. The number of amides is 3. The second-order valence-corrected chi connectivity index (χ2v) is 22.4. The molecule has 1 unspecified atom stereocenters. The van der Waals surface area contributed by atoms with Gasteiger partial charge in [-0.15, -0.1) is 0 Å². The first-order chi connectivity index (χ1) is 24.2. The maximum atomic E-state index is 13.8. The highest BCUT2D eigenvalue weighted by Crippen LogP contribution is 2.38. The van der Waals surface area contributed by atoms with Crippen LogP contribution >= 0.6 is 0 Å². The van der Waals surface area contributed by atoms with Crippen molar-refractivity contribution in [1.82, 2.24) is 15.5 Å². The normalized spacial score (nSPS) is 15.2. The Balaban J connectivity index is 3.25. The lowest BCUT2D eigenvalue weighted by atomic mass is 9.96. The zero-order valence-electron chi connectivity index (χ0n) is 35.2. The van der Waals surface area contributed by atoms with Gasteiger partial charge in [-0.2, -0.15) is 0 Å². The van der Waals surface area contributed by atoms with E-state index in [0.29, 0.717) is 0 Å². The molecular formula is C40H69N3O9Si. The van der Waals surface area contributed by atoms with Gasteiger partial charge in [-0.25, -0.2) is 9.59 Å². The molecule has 0 radical (unpaired) electrons. The number of benzene rings is 1. The zero-order valence-corrected chi connectivity index (χ0v) is 36.2. The van der Waals surface area contributed by atoms with Gasteiger partial charge in [0.25, 0.3) is 5.91 Å². The van der Waals surface area contributed by atoms with Crippen LogP contribution in [0.3, 0.4) is 0 Å². The third kappa shape index (κ3) is 16.2. The zero-order chi connectivity index (χ0) is 41.1. The molecule has 0 spiro atoms. The van der Waals surface area contributed by atoms with E-state index in [1.54, 1.807) is 41.5 Å². The van der Waals surface area contributed by atoms with Gasteiger partial charge in [0.2, 0.25) is 5.91 Å². The van der Waals surface area contributed by atoms with Crippen LogP contribution in [0.25, 0.3) is 0 Å². The summed E-state index contributed by atoms with van der Waals surface area (Å²) < 4.78 is 23.6. The molecule has 0 aliphatic rings. The van der Waals surface area contributed by atoms with Crippen molar-refractivity contribution in [3.8, 4) is 0 Å². The van der Waals surface area contributed by atoms with Gasteiger partial charge >= 0.3 is 18.0 Å². The van der Waals surface area contributed by atoms with Crippen molar-refractivity contribution in [2.24, 2.45) is 17.8 Å². The van der Waals surface area contributed by atoms with Gasteiger partial charge in [-0.3, -0.25) is 14.4 Å². The van der Waals surface area contributed by atoms with E-state index < -0.39 is 80.0 Å². The van der Waals surface area contributed by atoms with Crippen LogP contribution in [0.15, 0.2) is 30.3 Å². The maximum absolute atomic E-state index is 13.8. The highest BCUT2D eigenvalue weighted by Gasteiger charge is 2.43. The summed E-state index contributed by atoms with van der Waals surface area (Å²) in [7, 11) is -0.985. The Bertz CT molecular complexity index is 1350. The highest BCUT2D eigenvalue weighted by atomic mass is 28.4. The fourth-order valence-electron chi connectivity index (χ4n) is 5.17. The predicted octanol–water partition coefficient (Wildman–Crippen LogP) is 7.01. The van der Waals surface area contributed by atoms with Crippen molar-refractivity contribution in [2.75, 3.05) is 7.05 Å². The molecule has 1 aromatic rings. The number of carbonyl (C=O) groups is 5. The summed E-state index contributed by atoms with van der Waals surface area (Å²) in [4.78, 5) is 68.4. The molecule has 0 aliphatic carbocycles. The number of carbonyl (C=O) groups excluding carboxylic acids is 5. The standard InChI is InChI=1S/C40H69N3O9Si/c1-25(2)22-30(36(46)43(14)28(7)37(47)49-24-29-20-18-17-19-21-29)41-35(45)34(27(5)6)50-32(44)23-31(52-53(15,16)40(11,12)13)33(26(3)4)42-38(48)51-39(8,9)10/h17-21,25-28,30-31,33-34H,22-24H2,1-16H3,(H,41,45)(H,42,48)/t28-,30-,31-,33?,34-/m0/s1. The van der Waals surface area contributed by atoms with Crippen LogP contribution in [0, 0.1) is 17.8 Å². The number of likely N-dealkylation sites (N-methyl/N-ethyl adjacent to an activating group) is 1. The largest absolute Gasteiger partial charge is 0.459 e. The third-order valence-electron chi connectivity index (χ3n) is 9.36. The van der Waals surface area contributed by atoms with Gasteiger partial charge in [0.05, 0.1) is 18.6 Å². The fourth-order valence-corrected chi connectivity index (χ4v) is 6.51. The van der Waals surface area contributed by atoms with Gasteiger partial charge in [-0.1, -0.05) is 92.6 Å². The van der Waals surface area contributed by atoms with Crippen LogP contribution in [-0.2, 0) is 44.4 Å². The summed E-state index contributed by atoms with van der Waals surface area (Å²) >= 11 is 0.